The third-order valence-corrected chi connectivity index (χ3v) is 5.63. The molecule has 1 aliphatic heterocycles. The fourth-order valence-corrected chi connectivity index (χ4v) is 3.94. The first-order valence-electron chi connectivity index (χ1n) is 11.8. The van der Waals surface area contributed by atoms with E-state index >= 15 is 0 Å². The minimum absolute atomic E-state index is 0.0679. The number of aryl methyl sites for hydroxylation is 1. The van der Waals surface area contributed by atoms with Gasteiger partial charge in [-0.05, 0) is 69.0 Å². The van der Waals surface area contributed by atoms with Gasteiger partial charge in [-0.25, -0.2) is 0 Å². The van der Waals surface area contributed by atoms with Crippen LogP contribution in [0.15, 0.2) is 42.5 Å². The first-order chi connectivity index (χ1) is 16.2. The molecule has 0 bridgehead atoms. The Morgan fingerprint density at radius 1 is 1.03 bits per heavy atom. The Bertz CT molecular complexity index is 982. The van der Waals surface area contributed by atoms with Gasteiger partial charge in [-0.2, -0.15) is 0 Å². The van der Waals surface area contributed by atoms with Crippen LogP contribution >= 0.6 is 0 Å². The molecule has 184 valence electrons. The molecule has 2 aromatic carbocycles. The van der Waals surface area contributed by atoms with Gasteiger partial charge in [0.25, 0.3) is 0 Å². The van der Waals surface area contributed by atoms with Crippen molar-refractivity contribution in [2.75, 3.05) is 20.3 Å². The van der Waals surface area contributed by atoms with Crippen molar-refractivity contribution >= 4 is 11.8 Å². The summed E-state index contributed by atoms with van der Waals surface area (Å²) in [7, 11) is 1.62. The first-order valence-corrected chi connectivity index (χ1v) is 11.8. The highest BCUT2D eigenvalue weighted by atomic mass is 16.6. The van der Waals surface area contributed by atoms with E-state index in [1.54, 1.807) is 12.0 Å². The van der Waals surface area contributed by atoms with E-state index < -0.39 is 6.04 Å². The Balaban J connectivity index is 1.77. The molecule has 0 aliphatic carbocycles. The zero-order valence-electron chi connectivity index (χ0n) is 20.8. The molecule has 3 rings (SSSR count). The van der Waals surface area contributed by atoms with Gasteiger partial charge in [-0.15, -0.1) is 0 Å². The summed E-state index contributed by atoms with van der Waals surface area (Å²) in [6, 6.07) is 12.8. The Morgan fingerprint density at radius 2 is 1.68 bits per heavy atom. The zero-order valence-corrected chi connectivity index (χ0v) is 20.8. The molecule has 1 heterocycles. The van der Waals surface area contributed by atoms with Crippen molar-refractivity contribution in [3.63, 3.8) is 0 Å². The van der Waals surface area contributed by atoms with Gasteiger partial charge in [0.2, 0.25) is 11.8 Å². The maximum absolute atomic E-state index is 13.5. The predicted molar refractivity (Wildman–Crippen MR) is 131 cm³/mol. The van der Waals surface area contributed by atoms with E-state index in [4.69, 9.17) is 14.2 Å². The Labute approximate surface area is 202 Å². The fourth-order valence-electron chi connectivity index (χ4n) is 3.94. The van der Waals surface area contributed by atoms with Gasteiger partial charge < -0.3 is 24.4 Å². The number of nitrogens with zero attached hydrogens (tertiary/aromatic N) is 1. The summed E-state index contributed by atoms with van der Waals surface area (Å²) in [6.07, 6.45) is 1.36. The number of amides is 2. The van der Waals surface area contributed by atoms with Gasteiger partial charge in [0.15, 0.2) is 11.5 Å². The van der Waals surface area contributed by atoms with Gasteiger partial charge in [-0.3, -0.25) is 9.59 Å². The van der Waals surface area contributed by atoms with Crippen molar-refractivity contribution in [1.82, 2.24) is 10.2 Å². The molecule has 7 nitrogen and oxygen atoms in total. The third-order valence-electron chi connectivity index (χ3n) is 5.63. The summed E-state index contributed by atoms with van der Waals surface area (Å²) in [4.78, 5) is 28.3. The Kier molecular flexibility index (Phi) is 8.42. The predicted octanol–water partition coefficient (Wildman–Crippen LogP) is 4.12. The summed E-state index contributed by atoms with van der Waals surface area (Å²) >= 11 is 0. The first kappa shape index (κ1) is 25.4. The molecular weight excluding hydrogens is 432 g/mol. The van der Waals surface area contributed by atoms with Crippen molar-refractivity contribution in [3.05, 3.63) is 53.6 Å². The summed E-state index contributed by atoms with van der Waals surface area (Å²) in [5.41, 5.74) is 1.55. The molecule has 7 heteroatoms. The van der Waals surface area contributed by atoms with Crippen molar-refractivity contribution < 1.29 is 23.8 Å². The molecule has 0 aromatic heterocycles. The summed E-state index contributed by atoms with van der Waals surface area (Å²) in [5.74, 6) is 1.98. The molecule has 0 unspecified atom stereocenters. The lowest BCUT2D eigenvalue weighted by atomic mass is 10.0. The molecule has 2 aromatic rings. The molecule has 34 heavy (non-hydrogen) atoms. The van der Waals surface area contributed by atoms with Crippen molar-refractivity contribution in [2.45, 2.75) is 65.1 Å². The lowest BCUT2D eigenvalue weighted by Gasteiger charge is -2.33. The van der Waals surface area contributed by atoms with Crippen LogP contribution in [-0.4, -0.2) is 48.6 Å². The van der Waals surface area contributed by atoms with E-state index in [0.29, 0.717) is 38.3 Å². The number of rotatable bonds is 9. The largest absolute Gasteiger partial charge is 0.497 e. The molecule has 0 spiro atoms. The number of benzene rings is 2. The molecule has 0 saturated heterocycles. The number of methoxy groups -OCH3 is 1. The van der Waals surface area contributed by atoms with Gasteiger partial charge in [0, 0.05) is 18.5 Å². The second-order valence-corrected chi connectivity index (χ2v) is 9.51. The highest BCUT2D eigenvalue weighted by Crippen LogP contribution is 2.31. The lowest BCUT2D eigenvalue weighted by Crippen LogP contribution is -2.53. The van der Waals surface area contributed by atoms with E-state index in [-0.39, 0.29) is 23.8 Å². The van der Waals surface area contributed by atoms with Gasteiger partial charge in [0.1, 0.15) is 25.0 Å². The minimum Gasteiger partial charge on any atom is -0.497 e. The summed E-state index contributed by atoms with van der Waals surface area (Å²) in [5, 5.41) is 3.03. The van der Waals surface area contributed by atoms with Crippen LogP contribution < -0.4 is 19.5 Å². The van der Waals surface area contributed by atoms with Crippen LogP contribution in [0.5, 0.6) is 17.2 Å². The average Bonchev–Trinajstić information content (AvgIpc) is 2.81. The number of nitrogens with one attached hydrogen (secondary N) is 1. The smallest absolute Gasteiger partial charge is 0.243 e. The number of ether oxygens (including phenoxy) is 3. The number of hydrogen-bond donors (Lipinski definition) is 1. The number of carbonyl (C=O) groups is 2. The van der Waals surface area contributed by atoms with Crippen LogP contribution in [0.1, 0.15) is 51.7 Å². The van der Waals surface area contributed by atoms with Gasteiger partial charge >= 0.3 is 0 Å². The third kappa shape index (κ3) is 6.89. The van der Waals surface area contributed by atoms with Crippen molar-refractivity contribution in [3.8, 4) is 17.2 Å². The van der Waals surface area contributed by atoms with Crippen LogP contribution in [0.25, 0.3) is 0 Å². The fraction of sp³-hybridized carbons (Fsp3) is 0.481. The second-order valence-electron chi connectivity index (χ2n) is 9.51. The van der Waals surface area contributed by atoms with E-state index in [9.17, 15) is 9.59 Å². The van der Waals surface area contributed by atoms with Gasteiger partial charge in [0.05, 0.1) is 7.11 Å². The van der Waals surface area contributed by atoms with Crippen LogP contribution in [-0.2, 0) is 22.6 Å². The highest BCUT2D eigenvalue weighted by Gasteiger charge is 2.30. The molecule has 0 radical (unpaired) electrons. The molecule has 0 saturated carbocycles. The summed E-state index contributed by atoms with van der Waals surface area (Å²) < 4.78 is 16.5. The van der Waals surface area contributed by atoms with E-state index in [1.807, 2.05) is 70.2 Å². The molecule has 2 amide bonds. The topological polar surface area (TPSA) is 77.1 Å². The Hall–Kier alpha value is -3.22. The van der Waals surface area contributed by atoms with Crippen LogP contribution in [0.2, 0.25) is 0 Å². The number of hydrogen-bond acceptors (Lipinski definition) is 5. The van der Waals surface area contributed by atoms with Crippen LogP contribution in [0.3, 0.4) is 0 Å². The van der Waals surface area contributed by atoms with Crippen molar-refractivity contribution in [1.29, 1.82) is 0 Å². The standard InChI is InChI=1S/C27H36N2O5/c1-6-22(26(31)28-27(2,3)4)29(18-20-7-11-21(32-5)12-8-20)25(30)14-10-19-9-13-23-24(17-19)34-16-15-33-23/h7-9,11-13,17,22H,6,10,14-16,18H2,1-5H3,(H,28,31)/t22-/m1/s1. The molecule has 1 aliphatic rings. The van der Waals surface area contributed by atoms with Gasteiger partial charge in [-0.1, -0.05) is 25.1 Å². The second kappa shape index (κ2) is 11.3. The van der Waals surface area contributed by atoms with E-state index in [1.165, 1.54) is 0 Å². The highest BCUT2D eigenvalue weighted by molar-refractivity contribution is 5.88. The SMILES string of the molecule is CC[C@H](C(=O)NC(C)(C)C)N(Cc1ccc(OC)cc1)C(=O)CCc1ccc2c(c1)OCCO2. The molecule has 1 N–H and O–H groups in total. The molecule has 1 atom stereocenters. The summed E-state index contributed by atoms with van der Waals surface area (Å²) in [6.45, 7) is 9.16. The molecule has 0 fully saturated rings. The minimum atomic E-state index is -0.561. The maximum Gasteiger partial charge on any atom is 0.243 e. The van der Waals surface area contributed by atoms with Crippen molar-refractivity contribution in [2.24, 2.45) is 0 Å². The van der Waals surface area contributed by atoms with Crippen LogP contribution in [0.4, 0.5) is 0 Å². The molecular formula is C27H36N2O5. The number of fused-ring (bicyclic) bond motifs is 1. The quantitative estimate of drug-likeness (QED) is 0.599. The Morgan fingerprint density at radius 3 is 2.29 bits per heavy atom. The lowest BCUT2D eigenvalue weighted by molar-refractivity contribution is -0.142. The maximum atomic E-state index is 13.5. The monoisotopic (exact) mass is 468 g/mol. The average molecular weight is 469 g/mol. The van der Waals surface area contributed by atoms with E-state index in [2.05, 4.69) is 5.32 Å². The normalized spacial score (nSPS) is 13.7. The zero-order chi connectivity index (χ0) is 24.7. The van der Waals surface area contributed by atoms with Crippen LogP contribution in [0, 0.1) is 0 Å². The van der Waals surface area contributed by atoms with E-state index in [0.717, 1.165) is 22.6 Å². The number of carbonyl (C=O) groups excluding carboxylic acids is 2.